The van der Waals surface area contributed by atoms with Crippen LogP contribution >= 0.6 is 11.8 Å². The summed E-state index contributed by atoms with van der Waals surface area (Å²) in [5, 5.41) is 9.58. The van der Waals surface area contributed by atoms with Gasteiger partial charge in [0.15, 0.2) is 0 Å². The van der Waals surface area contributed by atoms with Gasteiger partial charge in [0.1, 0.15) is 5.75 Å². The zero-order valence-electron chi connectivity index (χ0n) is 7.64. The molecule has 1 heterocycles. The molecule has 0 spiro atoms. The topological polar surface area (TPSA) is 40.5 Å². The van der Waals surface area contributed by atoms with E-state index in [0.717, 1.165) is 5.75 Å². The molecule has 0 saturated carbocycles. The molecular formula is C10H11NO2S. The fraction of sp³-hybridized carbons (Fsp3) is 0.300. The fourth-order valence-corrected chi connectivity index (χ4v) is 2.25. The summed E-state index contributed by atoms with van der Waals surface area (Å²) >= 11 is 1.63. The Morgan fingerprint density at radius 1 is 1.36 bits per heavy atom. The maximum absolute atomic E-state index is 11.5. The van der Waals surface area contributed by atoms with Gasteiger partial charge in [-0.2, -0.15) is 11.8 Å². The van der Waals surface area contributed by atoms with Crippen LogP contribution in [0.1, 0.15) is 0 Å². The largest absolute Gasteiger partial charge is 0.506 e. The highest BCUT2D eigenvalue weighted by atomic mass is 32.2. The van der Waals surface area contributed by atoms with Gasteiger partial charge in [0, 0.05) is 12.3 Å². The number of carbonyl (C=O) groups excluding carboxylic acids is 1. The minimum Gasteiger partial charge on any atom is -0.506 e. The molecule has 1 amide bonds. The molecule has 0 aliphatic carbocycles. The predicted octanol–water partition coefficient (Wildman–Crippen LogP) is 1.47. The first-order valence-corrected chi connectivity index (χ1v) is 5.60. The number of phenols is 1. The number of phenolic OH excluding ortho intramolecular Hbond substituents is 1. The van der Waals surface area contributed by atoms with E-state index in [9.17, 15) is 9.90 Å². The van der Waals surface area contributed by atoms with Crippen LogP contribution in [0.2, 0.25) is 0 Å². The highest BCUT2D eigenvalue weighted by Crippen LogP contribution is 2.28. The molecule has 1 saturated heterocycles. The van der Waals surface area contributed by atoms with Gasteiger partial charge in [-0.15, -0.1) is 0 Å². The van der Waals surface area contributed by atoms with Crippen LogP contribution in [-0.4, -0.2) is 29.1 Å². The number of rotatable bonds is 1. The van der Waals surface area contributed by atoms with E-state index in [2.05, 4.69) is 0 Å². The first-order valence-electron chi connectivity index (χ1n) is 4.45. The lowest BCUT2D eigenvalue weighted by Gasteiger charge is -2.26. The van der Waals surface area contributed by atoms with Crippen molar-refractivity contribution in [1.29, 1.82) is 0 Å². The molecule has 0 radical (unpaired) electrons. The van der Waals surface area contributed by atoms with Crippen molar-refractivity contribution in [3.05, 3.63) is 24.3 Å². The second kappa shape index (κ2) is 3.92. The van der Waals surface area contributed by atoms with Crippen LogP contribution in [0.15, 0.2) is 24.3 Å². The van der Waals surface area contributed by atoms with E-state index in [1.807, 2.05) is 6.07 Å². The molecule has 0 bridgehead atoms. The average molecular weight is 209 g/mol. The standard InChI is InChI=1S/C10H11NO2S/c12-9-4-2-1-3-8(9)11-5-6-14-7-10(11)13/h1-4,12H,5-7H2. The van der Waals surface area contributed by atoms with Gasteiger partial charge in [0.2, 0.25) is 5.91 Å². The predicted molar refractivity (Wildman–Crippen MR) is 57.8 cm³/mol. The van der Waals surface area contributed by atoms with Crippen LogP contribution in [0.5, 0.6) is 5.75 Å². The quantitative estimate of drug-likeness (QED) is 0.761. The second-order valence-corrected chi connectivity index (χ2v) is 4.19. The van der Waals surface area contributed by atoms with Gasteiger partial charge in [-0.3, -0.25) is 4.79 Å². The van der Waals surface area contributed by atoms with Crippen molar-refractivity contribution in [2.45, 2.75) is 0 Å². The maximum Gasteiger partial charge on any atom is 0.237 e. The van der Waals surface area contributed by atoms with Gasteiger partial charge in [0.05, 0.1) is 11.4 Å². The van der Waals surface area contributed by atoms with E-state index < -0.39 is 0 Å². The Bertz CT molecular complexity index is 354. The van der Waals surface area contributed by atoms with Crippen molar-refractivity contribution in [3.8, 4) is 5.75 Å². The zero-order chi connectivity index (χ0) is 9.97. The molecule has 1 aromatic rings. The highest BCUT2D eigenvalue weighted by molar-refractivity contribution is 8.00. The van der Waals surface area contributed by atoms with E-state index in [1.54, 1.807) is 34.9 Å². The lowest BCUT2D eigenvalue weighted by Crippen LogP contribution is -2.38. The minimum absolute atomic E-state index is 0.0720. The maximum atomic E-state index is 11.5. The molecule has 74 valence electrons. The summed E-state index contributed by atoms with van der Waals surface area (Å²) in [6.07, 6.45) is 0. The summed E-state index contributed by atoms with van der Waals surface area (Å²) in [4.78, 5) is 13.2. The summed E-state index contributed by atoms with van der Waals surface area (Å²) < 4.78 is 0. The van der Waals surface area contributed by atoms with Crippen LogP contribution in [-0.2, 0) is 4.79 Å². The summed E-state index contributed by atoms with van der Waals surface area (Å²) in [6.45, 7) is 0.682. The third kappa shape index (κ3) is 1.70. The van der Waals surface area contributed by atoms with Crippen molar-refractivity contribution in [3.63, 3.8) is 0 Å². The van der Waals surface area contributed by atoms with Crippen molar-refractivity contribution in [2.75, 3.05) is 23.0 Å². The molecular weight excluding hydrogens is 198 g/mol. The minimum atomic E-state index is 0.0720. The normalized spacial score (nSPS) is 17.1. The van der Waals surface area contributed by atoms with Crippen LogP contribution in [0.4, 0.5) is 5.69 Å². The number of amides is 1. The molecule has 1 aliphatic rings. The Morgan fingerprint density at radius 3 is 2.86 bits per heavy atom. The number of benzene rings is 1. The third-order valence-corrected chi connectivity index (χ3v) is 3.08. The molecule has 0 aromatic heterocycles. The highest BCUT2D eigenvalue weighted by Gasteiger charge is 2.21. The molecule has 0 unspecified atom stereocenters. The van der Waals surface area contributed by atoms with Gasteiger partial charge < -0.3 is 10.0 Å². The monoisotopic (exact) mass is 209 g/mol. The van der Waals surface area contributed by atoms with E-state index >= 15 is 0 Å². The molecule has 2 rings (SSSR count). The molecule has 0 atom stereocenters. The number of carbonyl (C=O) groups is 1. The molecule has 1 aromatic carbocycles. The van der Waals surface area contributed by atoms with E-state index in [0.29, 0.717) is 18.0 Å². The average Bonchev–Trinajstić information content (AvgIpc) is 2.20. The third-order valence-electron chi connectivity index (χ3n) is 2.16. The Morgan fingerprint density at radius 2 is 2.14 bits per heavy atom. The molecule has 14 heavy (non-hydrogen) atoms. The van der Waals surface area contributed by atoms with Gasteiger partial charge in [-0.05, 0) is 12.1 Å². The molecule has 1 N–H and O–H groups in total. The Kier molecular flexibility index (Phi) is 2.63. The van der Waals surface area contributed by atoms with Crippen molar-refractivity contribution in [1.82, 2.24) is 0 Å². The number of hydrogen-bond acceptors (Lipinski definition) is 3. The molecule has 3 nitrogen and oxygen atoms in total. The van der Waals surface area contributed by atoms with Crippen LogP contribution in [0, 0.1) is 0 Å². The number of aromatic hydroxyl groups is 1. The van der Waals surface area contributed by atoms with Gasteiger partial charge in [0.25, 0.3) is 0 Å². The van der Waals surface area contributed by atoms with E-state index in [4.69, 9.17) is 0 Å². The van der Waals surface area contributed by atoms with Crippen LogP contribution in [0.3, 0.4) is 0 Å². The SMILES string of the molecule is O=C1CSCCN1c1ccccc1O. The Labute approximate surface area is 86.7 Å². The molecule has 1 aliphatic heterocycles. The van der Waals surface area contributed by atoms with Crippen LogP contribution in [0.25, 0.3) is 0 Å². The summed E-state index contributed by atoms with van der Waals surface area (Å²) in [7, 11) is 0. The van der Waals surface area contributed by atoms with Crippen molar-refractivity contribution < 1.29 is 9.90 Å². The summed E-state index contributed by atoms with van der Waals surface area (Å²) in [5.74, 6) is 1.68. The zero-order valence-corrected chi connectivity index (χ0v) is 8.46. The van der Waals surface area contributed by atoms with Gasteiger partial charge in [-0.1, -0.05) is 12.1 Å². The van der Waals surface area contributed by atoms with E-state index in [-0.39, 0.29) is 11.7 Å². The van der Waals surface area contributed by atoms with E-state index in [1.165, 1.54) is 0 Å². The smallest absolute Gasteiger partial charge is 0.237 e. The lowest BCUT2D eigenvalue weighted by molar-refractivity contribution is -0.116. The first-order chi connectivity index (χ1) is 6.79. The van der Waals surface area contributed by atoms with Gasteiger partial charge >= 0.3 is 0 Å². The number of nitrogens with zero attached hydrogens (tertiary/aromatic N) is 1. The second-order valence-electron chi connectivity index (χ2n) is 3.09. The number of anilines is 1. The van der Waals surface area contributed by atoms with Crippen molar-refractivity contribution in [2.24, 2.45) is 0 Å². The Balaban J connectivity index is 2.29. The van der Waals surface area contributed by atoms with Crippen molar-refractivity contribution >= 4 is 23.4 Å². The number of para-hydroxylation sites is 2. The number of hydrogen-bond donors (Lipinski definition) is 1. The van der Waals surface area contributed by atoms with Crippen LogP contribution < -0.4 is 4.90 Å². The lowest BCUT2D eigenvalue weighted by atomic mass is 10.2. The fourth-order valence-electron chi connectivity index (χ4n) is 1.47. The van der Waals surface area contributed by atoms with Gasteiger partial charge in [-0.25, -0.2) is 0 Å². The molecule has 1 fully saturated rings. The molecule has 4 heteroatoms. The summed E-state index contributed by atoms with van der Waals surface area (Å²) in [6, 6.07) is 6.94. The Hall–Kier alpha value is -1.16. The first kappa shape index (κ1) is 9.40. The summed E-state index contributed by atoms with van der Waals surface area (Å²) in [5.41, 5.74) is 0.623. The number of thioether (sulfide) groups is 1.